The first-order chi connectivity index (χ1) is 25.9. The van der Waals surface area contributed by atoms with Crippen molar-refractivity contribution in [1.82, 2.24) is 0 Å². The third kappa shape index (κ3) is 37.9. The Kier molecular flexibility index (Phi) is 33.5. The Bertz CT molecular complexity index is 1130. The average Bonchev–Trinajstić information content (AvgIpc) is 3.11. The van der Waals surface area contributed by atoms with Gasteiger partial charge in [0.25, 0.3) is 0 Å². The third-order valence-corrected chi connectivity index (χ3v) is 9.57. The zero-order valence-electron chi connectivity index (χ0n) is 34.7. The van der Waals surface area contributed by atoms with E-state index < -0.39 is 32.5 Å². The molecule has 1 N–H and O–H groups in total. The zero-order valence-corrected chi connectivity index (χ0v) is 35.6. The fourth-order valence-electron chi connectivity index (χ4n) is 5.26. The van der Waals surface area contributed by atoms with E-state index in [4.69, 9.17) is 18.5 Å². The summed E-state index contributed by atoms with van der Waals surface area (Å²) in [6.45, 7) is 4.09. The molecule has 2 atom stereocenters. The molecule has 0 rings (SSSR count). The van der Waals surface area contributed by atoms with Crippen LogP contribution in [-0.2, 0) is 37.5 Å². The Morgan fingerprint density at radius 2 is 1.19 bits per heavy atom. The van der Waals surface area contributed by atoms with Crippen molar-refractivity contribution in [3.05, 3.63) is 48.6 Å². The van der Waals surface area contributed by atoms with Crippen LogP contribution in [0.1, 0.15) is 155 Å². The molecule has 0 amide bonds. The smallest absolute Gasteiger partial charge is 0.462 e. The molecule has 54 heavy (non-hydrogen) atoms. The Labute approximate surface area is 329 Å². The summed E-state index contributed by atoms with van der Waals surface area (Å²) >= 11 is 0. The van der Waals surface area contributed by atoms with Crippen LogP contribution in [0.25, 0.3) is 0 Å². The quantitative estimate of drug-likeness (QED) is 0.0125. The summed E-state index contributed by atoms with van der Waals surface area (Å²) in [5, 5.41) is 0. The molecular weight excluding hydrogens is 705 g/mol. The van der Waals surface area contributed by atoms with Gasteiger partial charge in [-0.15, -0.1) is 0 Å². The van der Waals surface area contributed by atoms with Crippen molar-refractivity contribution in [1.29, 1.82) is 0 Å². The fraction of sp³-hybridized carbons (Fsp3) is 0.744. The van der Waals surface area contributed by atoms with Gasteiger partial charge in [-0.05, 0) is 44.6 Å². The molecule has 0 bridgehead atoms. The molecule has 0 fully saturated rings. The second kappa shape index (κ2) is 35.1. The largest absolute Gasteiger partial charge is 0.472 e. The van der Waals surface area contributed by atoms with Gasteiger partial charge in [0.2, 0.25) is 0 Å². The van der Waals surface area contributed by atoms with E-state index in [9.17, 15) is 23.8 Å². The summed E-state index contributed by atoms with van der Waals surface area (Å²) in [5.41, 5.74) is 0. The number of ether oxygens (including phenoxy) is 2. The number of esters is 2. The second-order valence-electron chi connectivity index (χ2n) is 15.1. The number of nitrogens with zero attached hydrogens (tertiary/aromatic N) is 1. The lowest BCUT2D eigenvalue weighted by molar-refractivity contribution is -0.870. The first-order valence-electron chi connectivity index (χ1n) is 20.8. The predicted octanol–water partition coefficient (Wildman–Crippen LogP) is 10.7. The highest BCUT2D eigenvalue weighted by Gasteiger charge is 2.27. The van der Waals surface area contributed by atoms with Crippen LogP contribution in [0.3, 0.4) is 0 Å². The average molecular weight is 783 g/mol. The van der Waals surface area contributed by atoms with Crippen LogP contribution in [0.2, 0.25) is 0 Å². The minimum absolute atomic E-state index is 0.000300. The summed E-state index contributed by atoms with van der Waals surface area (Å²) in [5.74, 6) is -1.15. The summed E-state index contributed by atoms with van der Waals surface area (Å²) in [4.78, 5) is 47.4. The number of carbonyl (C=O) groups excluding carboxylic acids is 3. The number of hydrogen-bond donors (Lipinski definition) is 1. The molecule has 1 unspecified atom stereocenters. The number of rotatable bonds is 37. The van der Waals surface area contributed by atoms with Crippen LogP contribution >= 0.6 is 7.82 Å². The van der Waals surface area contributed by atoms with Crippen molar-refractivity contribution in [2.75, 3.05) is 47.5 Å². The lowest BCUT2D eigenvalue weighted by Crippen LogP contribution is -2.37. The van der Waals surface area contributed by atoms with Gasteiger partial charge in [0.1, 0.15) is 19.8 Å². The Morgan fingerprint density at radius 3 is 1.81 bits per heavy atom. The van der Waals surface area contributed by atoms with Gasteiger partial charge in [-0.2, -0.15) is 0 Å². The predicted molar refractivity (Wildman–Crippen MR) is 220 cm³/mol. The van der Waals surface area contributed by atoms with Crippen LogP contribution in [-0.4, -0.2) is 80.7 Å². The molecule has 0 heterocycles. The van der Waals surface area contributed by atoms with Gasteiger partial charge in [-0.25, -0.2) is 4.57 Å². The Balaban J connectivity index is 4.59. The molecule has 11 heteroatoms. The number of carbonyl (C=O) groups is 3. The van der Waals surface area contributed by atoms with Crippen molar-refractivity contribution >= 4 is 25.5 Å². The van der Waals surface area contributed by atoms with E-state index in [0.29, 0.717) is 23.9 Å². The number of likely N-dealkylation sites (N-methyl/N-ethyl adjacent to an activating group) is 1. The number of allylic oxidation sites excluding steroid dienone is 8. The van der Waals surface area contributed by atoms with Crippen molar-refractivity contribution in [2.24, 2.45) is 0 Å². The molecule has 0 aliphatic heterocycles. The van der Waals surface area contributed by atoms with Gasteiger partial charge >= 0.3 is 19.8 Å². The molecule has 0 aromatic carbocycles. The van der Waals surface area contributed by atoms with Crippen molar-refractivity contribution in [3.63, 3.8) is 0 Å². The third-order valence-electron chi connectivity index (χ3n) is 8.59. The maximum Gasteiger partial charge on any atom is 0.472 e. The summed E-state index contributed by atoms with van der Waals surface area (Å²) in [6.07, 6.45) is 35.9. The van der Waals surface area contributed by atoms with Crippen molar-refractivity contribution in [3.8, 4) is 0 Å². The standard InChI is InChI=1S/C43H76NO9P/c1-6-8-10-12-14-16-18-20-21-23-25-27-29-32-40(45)33-31-35-42(46)50-38-41(39-52-54(48,49)51-37-36-44(3,4)5)53-43(47)34-30-28-26-24-22-19-17-15-13-11-9-7-2/h14,16,20-21,25,27,29,32,41H,6-13,15,17-19,22-24,26,28,30-31,33-39H2,1-5H3/p+1/b16-14-,21-20-,27-25-,32-29+/t41-/m1/s1. The fourth-order valence-corrected chi connectivity index (χ4v) is 6.00. The maximum absolute atomic E-state index is 12.6. The van der Waals surface area contributed by atoms with Crippen LogP contribution in [0.4, 0.5) is 0 Å². The van der Waals surface area contributed by atoms with E-state index in [1.807, 2.05) is 33.3 Å². The minimum Gasteiger partial charge on any atom is -0.462 e. The number of phosphoric acid groups is 1. The molecule has 0 aliphatic rings. The molecule has 0 saturated carbocycles. The highest BCUT2D eigenvalue weighted by molar-refractivity contribution is 7.47. The van der Waals surface area contributed by atoms with E-state index in [2.05, 4.69) is 38.2 Å². The van der Waals surface area contributed by atoms with E-state index >= 15 is 0 Å². The number of ketones is 1. The topological polar surface area (TPSA) is 125 Å². The molecule has 0 aromatic rings. The normalized spacial score (nSPS) is 14.0. The highest BCUT2D eigenvalue weighted by Crippen LogP contribution is 2.43. The second-order valence-corrected chi connectivity index (χ2v) is 16.5. The first-order valence-corrected chi connectivity index (χ1v) is 22.3. The summed E-state index contributed by atoms with van der Waals surface area (Å²) in [7, 11) is 1.35. The molecule has 0 spiro atoms. The van der Waals surface area contributed by atoms with Gasteiger partial charge in [-0.3, -0.25) is 23.4 Å². The minimum atomic E-state index is -4.42. The van der Waals surface area contributed by atoms with Crippen LogP contribution in [0, 0.1) is 0 Å². The lowest BCUT2D eigenvalue weighted by atomic mass is 10.0. The van der Waals surface area contributed by atoms with Crippen LogP contribution < -0.4 is 0 Å². The van der Waals surface area contributed by atoms with E-state index in [0.717, 1.165) is 38.5 Å². The van der Waals surface area contributed by atoms with Crippen LogP contribution in [0.5, 0.6) is 0 Å². The van der Waals surface area contributed by atoms with Gasteiger partial charge in [0.05, 0.1) is 27.7 Å². The maximum atomic E-state index is 12.6. The monoisotopic (exact) mass is 783 g/mol. The van der Waals surface area contributed by atoms with Crippen LogP contribution in [0.15, 0.2) is 48.6 Å². The molecule has 0 saturated heterocycles. The highest BCUT2D eigenvalue weighted by atomic mass is 31.2. The van der Waals surface area contributed by atoms with Gasteiger partial charge in [0, 0.05) is 19.3 Å². The molecule has 10 nitrogen and oxygen atoms in total. The summed E-state index contributed by atoms with van der Waals surface area (Å²) < 4.78 is 34.0. The van der Waals surface area contributed by atoms with E-state index in [1.54, 1.807) is 6.08 Å². The molecule has 0 radical (unpaired) electrons. The first kappa shape index (κ1) is 51.6. The number of hydrogen-bond acceptors (Lipinski definition) is 8. The molecule has 0 aliphatic carbocycles. The molecular formula is C43H77NO9P+. The lowest BCUT2D eigenvalue weighted by Gasteiger charge is -2.24. The molecule has 0 aromatic heterocycles. The SMILES string of the molecule is CCCCC/C=C\C/C=C\C/C=C\C=C\C(=O)CCCC(=O)OC[C@H](COP(=O)(O)OCC[N+](C)(C)C)OC(=O)CCCCCCCCCCCCCC. The van der Waals surface area contributed by atoms with Gasteiger partial charge < -0.3 is 18.9 Å². The zero-order chi connectivity index (χ0) is 40.2. The number of quaternary nitrogens is 1. The van der Waals surface area contributed by atoms with Crippen molar-refractivity contribution in [2.45, 2.75) is 161 Å². The number of phosphoric ester groups is 1. The Hall–Kier alpha value is -2.36. The summed E-state index contributed by atoms with van der Waals surface area (Å²) in [6, 6.07) is 0. The van der Waals surface area contributed by atoms with E-state index in [1.165, 1.54) is 76.7 Å². The van der Waals surface area contributed by atoms with Crippen molar-refractivity contribution < 1.29 is 46.8 Å². The van der Waals surface area contributed by atoms with Gasteiger partial charge in [-0.1, -0.05) is 140 Å². The molecule has 312 valence electrons. The van der Waals surface area contributed by atoms with E-state index in [-0.39, 0.29) is 38.3 Å². The van der Waals surface area contributed by atoms with Gasteiger partial charge in [0.15, 0.2) is 11.9 Å². The Morgan fingerprint density at radius 1 is 0.630 bits per heavy atom. The number of unbranched alkanes of at least 4 members (excludes halogenated alkanes) is 14.